The van der Waals surface area contributed by atoms with Gasteiger partial charge in [0.1, 0.15) is 12.1 Å². The van der Waals surface area contributed by atoms with E-state index in [-0.39, 0.29) is 11.4 Å². The first-order valence-corrected chi connectivity index (χ1v) is 8.39. The summed E-state index contributed by atoms with van der Waals surface area (Å²) in [5.74, 6) is -1.11. The first kappa shape index (κ1) is 17.1. The quantitative estimate of drug-likeness (QED) is 0.607. The largest absolute Gasteiger partial charge is 0.459 e. The summed E-state index contributed by atoms with van der Waals surface area (Å²) in [5, 5.41) is -0.482. The molecule has 5 nitrogen and oxygen atoms in total. The lowest BCUT2D eigenvalue weighted by Gasteiger charge is -2.21. The molecule has 2 heterocycles. The minimum Gasteiger partial charge on any atom is -0.459 e. The molecule has 0 bridgehead atoms. The van der Waals surface area contributed by atoms with Gasteiger partial charge in [-0.2, -0.15) is 0 Å². The predicted molar refractivity (Wildman–Crippen MR) is 87.9 cm³/mol. The lowest BCUT2D eigenvalue weighted by molar-refractivity contribution is -0.156. The maximum absolute atomic E-state index is 12.2. The molecule has 22 heavy (non-hydrogen) atoms. The molecule has 1 fully saturated rings. The van der Waals surface area contributed by atoms with Gasteiger partial charge < -0.3 is 4.74 Å². The van der Waals surface area contributed by atoms with Crippen LogP contribution in [0.1, 0.15) is 25.6 Å². The van der Waals surface area contributed by atoms with Crippen molar-refractivity contribution in [1.29, 1.82) is 0 Å². The Kier molecular flexibility index (Phi) is 4.99. The molecule has 0 atom stereocenters. The van der Waals surface area contributed by atoms with E-state index in [1.807, 2.05) is 0 Å². The van der Waals surface area contributed by atoms with Crippen molar-refractivity contribution in [3.05, 3.63) is 26.3 Å². The number of rotatable bonds is 3. The summed E-state index contributed by atoms with van der Waals surface area (Å²) >= 11 is 7.93. The SMILES string of the molecule is CC(C)(C)OC(=O)CN1C(=O)S/C(=C/c2ccc(Cl)s2)C1=O. The van der Waals surface area contributed by atoms with Gasteiger partial charge in [-0.3, -0.25) is 19.3 Å². The van der Waals surface area contributed by atoms with Crippen LogP contribution in [0, 0.1) is 0 Å². The van der Waals surface area contributed by atoms with Crippen molar-refractivity contribution in [2.24, 2.45) is 0 Å². The van der Waals surface area contributed by atoms with Gasteiger partial charge in [-0.15, -0.1) is 11.3 Å². The van der Waals surface area contributed by atoms with Crippen LogP contribution in [-0.2, 0) is 14.3 Å². The molecule has 0 unspecified atom stereocenters. The lowest BCUT2D eigenvalue weighted by Crippen LogP contribution is -2.37. The molecule has 118 valence electrons. The summed E-state index contributed by atoms with van der Waals surface area (Å²) < 4.78 is 5.72. The summed E-state index contributed by atoms with van der Waals surface area (Å²) in [5.41, 5.74) is -0.664. The van der Waals surface area contributed by atoms with E-state index >= 15 is 0 Å². The number of imide groups is 1. The molecule has 0 aromatic carbocycles. The topological polar surface area (TPSA) is 63.7 Å². The Morgan fingerprint density at radius 1 is 1.36 bits per heavy atom. The molecule has 0 radical (unpaired) electrons. The van der Waals surface area contributed by atoms with Gasteiger partial charge in [-0.05, 0) is 50.7 Å². The number of hydrogen-bond donors (Lipinski definition) is 0. The second kappa shape index (κ2) is 6.44. The van der Waals surface area contributed by atoms with Crippen LogP contribution < -0.4 is 0 Å². The van der Waals surface area contributed by atoms with E-state index in [1.54, 1.807) is 39.0 Å². The van der Waals surface area contributed by atoms with Crippen LogP contribution in [-0.4, -0.2) is 34.2 Å². The van der Waals surface area contributed by atoms with Crippen molar-refractivity contribution < 1.29 is 19.1 Å². The molecule has 0 aliphatic carbocycles. The van der Waals surface area contributed by atoms with Gasteiger partial charge in [-0.1, -0.05) is 11.6 Å². The van der Waals surface area contributed by atoms with Crippen LogP contribution in [0.2, 0.25) is 4.34 Å². The predicted octanol–water partition coefficient (Wildman–Crippen LogP) is 3.78. The number of thioether (sulfide) groups is 1. The molecule has 8 heteroatoms. The van der Waals surface area contributed by atoms with Crippen molar-refractivity contribution >= 4 is 57.9 Å². The molecule has 0 N–H and O–H groups in total. The van der Waals surface area contributed by atoms with Gasteiger partial charge in [0.2, 0.25) is 0 Å². The van der Waals surface area contributed by atoms with Gasteiger partial charge in [0.15, 0.2) is 0 Å². The average molecular weight is 360 g/mol. The zero-order valence-corrected chi connectivity index (χ0v) is 14.6. The average Bonchev–Trinajstić information content (AvgIpc) is 2.87. The van der Waals surface area contributed by atoms with Crippen molar-refractivity contribution in [2.75, 3.05) is 6.54 Å². The third-order valence-corrected chi connectivity index (χ3v) is 4.53. The van der Waals surface area contributed by atoms with Crippen LogP contribution in [0.4, 0.5) is 4.79 Å². The van der Waals surface area contributed by atoms with Crippen molar-refractivity contribution in [3.63, 3.8) is 0 Å². The van der Waals surface area contributed by atoms with Crippen molar-refractivity contribution in [2.45, 2.75) is 26.4 Å². The first-order chi connectivity index (χ1) is 10.2. The summed E-state index contributed by atoms with van der Waals surface area (Å²) in [4.78, 5) is 37.8. The highest BCUT2D eigenvalue weighted by atomic mass is 35.5. The van der Waals surface area contributed by atoms with E-state index in [0.29, 0.717) is 4.34 Å². The molecule has 2 amide bonds. The summed E-state index contributed by atoms with van der Waals surface area (Å²) in [6.45, 7) is 4.78. The summed E-state index contributed by atoms with van der Waals surface area (Å²) in [7, 11) is 0. The van der Waals surface area contributed by atoms with E-state index in [9.17, 15) is 14.4 Å². The van der Waals surface area contributed by atoms with Crippen LogP contribution in [0.25, 0.3) is 6.08 Å². The first-order valence-electron chi connectivity index (χ1n) is 6.38. The number of thiophene rings is 1. The Bertz CT molecular complexity index is 660. The van der Waals surface area contributed by atoms with Crippen LogP contribution in [0.5, 0.6) is 0 Å². The maximum Gasteiger partial charge on any atom is 0.326 e. The minimum absolute atomic E-state index is 0.270. The molecular formula is C14H14ClNO4S2. The van der Waals surface area contributed by atoms with E-state index in [4.69, 9.17) is 16.3 Å². The highest BCUT2D eigenvalue weighted by Crippen LogP contribution is 2.34. The molecule has 1 saturated heterocycles. The van der Waals surface area contributed by atoms with Crippen molar-refractivity contribution in [1.82, 2.24) is 4.90 Å². The molecule has 2 rings (SSSR count). The normalized spacial score (nSPS) is 17.5. The molecule has 1 aliphatic rings. The summed E-state index contributed by atoms with van der Waals surface area (Å²) in [6, 6.07) is 3.47. The molecule has 1 aliphatic heterocycles. The zero-order valence-electron chi connectivity index (χ0n) is 12.2. The van der Waals surface area contributed by atoms with Gasteiger partial charge >= 0.3 is 5.97 Å². The highest BCUT2D eigenvalue weighted by molar-refractivity contribution is 8.18. The monoisotopic (exact) mass is 359 g/mol. The highest BCUT2D eigenvalue weighted by Gasteiger charge is 2.37. The van der Waals surface area contributed by atoms with Crippen LogP contribution in [0.3, 0.4) is 0 Å². The lowest BCUT2D eigenvalue weighted by atomic mass is 10.2. The number of hydrogen-bond acceptors (Lipinski definition) is 6. The Balaban J connectivity index is 2.09. The molecule has 0 spiro atoms. The van der Waals surface area contributed by atoms with E-state index < -0.39 is 22.7 Å². The third-order valence-electron chi connectivity index (χ3n) is 2.45. The van der Waals surface area contributed by atoms with Gasteiger partial charge in [0, 0.05) is 4.88 Å². The number of nitrogens with zero attached hydrogens (tertiary/aromatic N) is 1. The van der Waals surface area contributed by atoms with Gasteiger partial charge in [0.25, 0.3) is 11.1 Å². The fourth-order valence-corrected chi connectivity index (χ4v) is 3.58. The van der Waals surface area contributed by atoms with Crippen molar-refractivity contribution in [3.8, 4) is 0 Å². The Hall–Kier alpha value is -1.31. The van der Waals surface area contributed by atoms with Gasteiger partial charge in [-0.25, -0.2) is 0 Å². The fraction of sp³-hybridized carbons (Fsp3) is 0.357. The fourth-order valence-electron chi connectivity index (χ4n) is 1.67. The number of amides is 2. The molecule has 0 saturated carbocycles. The smallest absolute Gasteiger partial charge is 0.326 e. The molecular weight excluding hydrogens is 346 g/mol. The number of carbonyl (C=O) groups excluding carboxylic acids is 3. The Morgan fingerprint density at radius 2 is 2.05 bits per heavy atom. The second-order valence-electron chi connectivity index (χ2n) is 5.50. The van der Waals surface area contributed by atoms with Crippen LogP contribution in [0.15, 0.2) is 17.0 Å². The van der Waals surface area contributed by atoms with E-state index in [2.05, 4.69) is 0 Å². The molecule has 1 aromatic heterocycles. The Morgan fingerprint density at radius 3 is 2.59 bits per heavy atom. The number of carbonyl (C=O) groups is 3. The number of esters is 1. The maximum atomic E-state index is 12.2. The Labute approximate surface area is 141 Å². The van der Waals surface area contributed by atoms with Gasteiger partial charge in [0.05, 0.1) is 9.24 Å². The minimum atomic E-state index is -0.664. The van der Waals surface area contributed by atoms with Crippen LogP contribution >= 0.6 is 34.7 Å². The van der Waals surface area contributed by atoms with E-state index in [1.165, 1.54) is 11.3 Å². The second-order valence-corrected chi connectivity index (χ2v) is 8.24. The third kappa shape index (κ3) is 4.34. The summed E-state index contributed by atoms with van der Waals surface area (Å²) in [6.07, 6.45) is 1.59. The standard InChI is InChI=1S/C14H14ClNO4S2/c1-14(2,3)20-11(17)7-16-12(18)9(22-13(16)19)6-8-4-5-10(15)21-8/h4-6H,7H2,1-3H3/b9-6+. The zero-order chi connectivity index (χ0) is 16.5. The van der Waals surface area contributed by atoms with E-state index in [0.717, 1.165) is 21.5 Å². The number of halogens is 1. The molecule has 1 aromatic rings. The number of ether oxygens (including phenoxy) is 1.